The zero-order chi connectivity index (χ0) is 7.56. The predicted octanol–water partition coefficient (Wildman–Crippen LogP) is 0.206. The van der Waals surface area contributed by atoms with E-state index in [2.05, 4.69) is 14.7 Å². The molecule has 0 saturated carbocycles. The lowest BCUT2D eigenvalue weighted by Gasteiger charge is -1.88. The molecular weight excluding hydrogens is 150 g/mol. The summed E-state index contributed by atoms with van der Waals surface area (Å²) < 4.78 is 3.81. The van der Waals surface area contributed by atoms with Crippen molar-refractivity contribution in [3.8, 4) is 0 Å². The zero-order valence-corrected chi connectivity index (χ0v) is 6.53. The van der Waals surface area contributed by atoms with Gasteiger partial charge in [-0.05, 0) is 18.5 Å². The molecular formula is C5H7N3OS. The summed E-state index contributed by atoms with van der Waals surface area (Å²) >= 11 is 1.23. The summed E-state index contributed by atoms with van der Waals surface area (Å²) in [5.74, 6) is 0.0225. The number of rotatable bonds is 1. The van der Waals surface area contributed by atoms with Gasteiger partial charge in [0.2, 0.25) is 5.82 Å². The molecule has 5 heteroatoms. The molecule has 54 valence electrons. The van der Waals surface area contributed by atoms with E-state index in [1.807, 2.05) is 6.92 Å². The molecule has 1 rings (SSSR count). The van der Waals surface area contributed by atoms with Gasteiger partial charge in [0.05, 0.1) is 0 Å². The summed E-state index contributed by atoms with van der Waals surface area (Å²) in [6.45, 7) is 1.81. The van der Waals surface area contributed by atoms with Crippen molar-refractivity contribution < 1.29 is 4.79 Å². The first kappa shape index (κ1) is 7.14. The number of carbonyl (C=O) groups excluding carboxylic acids is 1. The van der Waals surface area contributed by atoms with Gasteiger partial charge < -0.3 is 5.32 Å². The van der Waals surface area contributed by atoms with Crippen LogP contribution in [0.2, 0.25) is 0 Å². The van der Waals surface area contributed by atoms with Gasteiger partial charge in [0.15, 0.2) is 0 Å². The van der Waals surface area contributed by atoms with E-state index in [0.717, 1.165) is 5.01 Å². The Hall–Kier alpha value is -0.970. The molecule has 0 saturated heterocycles. The Kier molecular flexibility index (Phi) is 1.96. The molecule has 0 fully saturated rings. The number of aryl methyl sites for hydroxylation is 1. The highest BCUT2D eigenvalue weighted by molar-refractivity contribution is 7.05. The Morgan fingerprint density at radius 1 is 1.70 bits per heavy atom. The molecule has 0 bridgehead atoms. The van der Waals surface area contributed by atoms with Crippen molar-refractivity contribution >= 4 is 17.4 Å². The van der Waals surface area contributed by atoms with E-state index in [0.29, 0.717) is 0 Å². The fourth-order valence-electron chi connectivity index (χ4n) is 0.503. The number of nitrogens with one attached hydrogen (secondary N) is 1. The maximum absolute atomic E-state index is 10.8. The van der Waals surface area contributed by atoms with Crippen LogP contribution in [0.1, 0.15) is 15.6 Å². The van der Waals surface area contributed by atoms with Gasteiger partial charge in [-0.25, -0.2) is 4.98 Å². The number of hydrogen-bond acceptors (Lipinski definition) is 4. The highest BCUT2D eigenvalue weighted by atomic mass is 32.1. The van der Waals surface area contributed by atoms with Crippen molar-refractivity contribution in [3.63, 3.8) is 0 Å². The summed E-state index contributed by atoms with van der Waals surface area (Å²) in [6, 6.07) is 0. The summed E-state index contributed by atoms with van der Waals surface area (Å²) in [7, 11) is 1.55. The lowest BCUT2D eigenvalue weighted by molar-refractivity contribution is 0.0954. The molecule has 1 aromatic heterocycles. The van der Waals surface area contributed by atoms with Crippen LogP contribution in [0, 0.1) is 6.92 Å². The molecule has 10 heavy (non-hydrogen) atoms. The van der Waals surface area contributed by atoms with E-state index in [1.54, 1.807) is 7.05 Å². The van der Waals surface area contributed by atoms with Crippen LogP contribution in [-0.2, 0) is 0 Å². The van der Waals surface area contributed by atoms with E-state index < -0.39 is 0 Å². The lowest BCUT2D eigenvalue weighted by Crippen LogP contribution is -2.19. The number of carbonyl (C=O) groups is 1. The first-order valence-electron chi connectivity index (χ1n) is 2.76. The summed E-state index contributed by atoms with van der Waals surface area (Å²) in [5.41, 5.74) is 0. The van der Waals surface area contributed by atoms with Crippen LogP contribution in [0.25, 0.3) is 0 Å². The van der Waals surface area contributed by atoms with Gasteiger partial charge >= 0.3 is 0 Å². The molecule has 0 aliphatic carbocycles. The number of amides is 1. The Morgan fingerprint density at radius 2 is 2.40 bits per heavy atom. The van der Waals surface area contributed by atoms with Gasteiger partial charge in [0.1, 0.15) is 5.01 Å². The highest BCUT2D eigenvalue weighted by Gasteiger charge is 2.07. The molecule has 0 aliphatic rings. The smallest absolute Gasteiger partial charge is 0.289 e. The average Bonchev–Trinajstić information content (AvgIpc) is 2.34. The number of aromatic nitrogens is 2. The van der Waals surface area contributed by atoms with Gasteiger partial charge in [-0.3, -0.25) is 4.79 Å². The van der Waals surface area contributed by atoms with Crippen LogP contribution >= 0.6 is 11.5 Å². The number of hydrogen-bond donors (Lipinski definition) is 1. The largest absolute Gasteiger partial charge is 0.352 e. The van der Waals surface area contributed by atoms with Crippen LogP contribution in [-0.4, -0.2) is 22.3 Å². The van der Waals surface area contributed by atoms with Crippen LogP contribution in [0.15, 0.2) is 0 Å². The Labute approximate surface area is 62.5 Å². The van der Waals surface area contributed by atoms with E-state index in [-0.39, 0.29) is 11.7 Å². The van der Waals surface area contributed by atoms with Crippen LogP contribution < -0.4 is 5.32 Å². The maximum atomic E-state index is 10.8. The first-order valence-corrected chi connectivity index (χ1v) is 3.54. The van der Waals surface area contributed by atoms with Gasteiger partial charge in [-0.2, -0.15) is 4.37 Å². The van der Waals surface area contributed by atoms with E-state index in [4.69, 9.17) is 0 Å². The third-order valence-electron chi connectivity index (χ3n) is 0.958. The normalized spacial score (nSPS) is 9.40. The second-order valence-corrected chi connectivity index (χ2v) is 2.67. The minimum absolute atomic E-state index is 0.232. The van der Waals surface area contributed by atoms with Gasteiger partial charge in [0.25, 0.3) is 5.91 Å². The van der Waals surface area contributed by atoms with Crippen molar-refractivity contribution in [1.29, 1.82) is 0 Å². The molecule has 0 radical (unpaired) electrons. The molecule has 0 spiro atoms. The first-order chi connectivity index (χ1) is 4.74. The van der Waals surface area contributed by atoms with E-state index in [9.17, 15) is 4.79 Å². The topological polar surface area (TPSA) is 54.9 Å². The number of nitrogens with zero attached hydrogens (tertiary/aromatic N) is 2. The van der Waals surface area contributed by atoms with Crippen molar-refractivity contribution in [1.82, 2.24) is 14.7 Å². The summed E-state index contributed by atoms with van der Waals surface area (Å²) in [6.07, 6.45) is 0. The summed E-state index contributed by atoms with van der Waals surface area (Å²) in [5, 5.41) is 3.24. The Bertz CT molecular complexity index is 245. The van der Waals surface area contributed by atoms with Crippen LogP contribution in [0.4, 0.5) is 0 Å². The van der Waals surface area contributed by atoms with Gasteiger partial charge in [-0.1, -0.05) is 0 Å². The second-order valence-electron chi connectivity index (χ2n) is 1.72. The third-order valence-corrected chi connectivity index (χ3v) is 1.58. The monoisotopic (exact) mass is 157 g/mol. The Morgan fingerprint density at radius 3 is 2.80 bits per heavy atom. The second kappa shape index (κ2) is 2.74. The van der Waals surface area contributed by atoms with Crippen LogP contribution in [0.3, 0.4) is 0 Å². The SMILES string of the molecule is CNC(=O)c1nsc(C)n1. The standard InChI is InChI=1S/C5H7N3OS/c1-3-7-4(8-10-3)5(9)6-2/h1-2H3,(H,6,9). The minimum Gasteiger partial charge on any atom is -0.352 e. The molecule has 0 atom stereocenters. The van der Waals surface area contributed by atoms with E-state index >= 15 is 0 Å². The average molecular weight is 157 g/mol. The molecule has 1 heterocycles. The van der Waals surface area contributed by atoms with Crippen molar-refractivity contribution in [3.05, 3.63) is 10.8 Å². The molecule has 0 aromatic carbocycles. The highest BCUT2D eigenvalue weighted by Crippen LogP contribution is 2.00. The molecule has 1 amide bonds. The van der Waals surface area contributed by atoms with Gasteiger partial charge in [-0.15, -0.1) is 0 Å². The lowest BCUT2D eigenvalue weighted by atomic mass is 10.6. The quantitative estimate of drug-likeness (QED) is 0.633. The molecule has 1 N–H and O–H groups in total. The van der Waals surface area contributed by atoms with Crippen molar-refractivity contribution in [2.45, 2.75) is 6.92 Å². The molecule has 0 unspecified atom stereocenters. The molecule has 0 aliphatic heterocycles. The third kappa shape index (κ3) is 1.30. The fourth-order valence-corrected chi connectivity index (χ4v) is 0.973. The Balaban J connectivity index is 2.85. The van der Waals surface area contributed by atoms with Gasteiger partial charge in [0, 0.05) is 7.05 Å². The maximum Gasteiger partial charge on any atom is 0.289 e. The fraction of sp³-hybridized carbons (Fsp3) is 0.400. The van der Waals surface area contributed by atoms with Crippen molar-refractivity contribution in [2.24, 2.45) is 0 Å². The predicted molar refractivity (Wildman–Crippen MR) is 38.0 cm³/mol. The molecule has 4 nitrogen and oxygen atoms in total. The summed E-state index contributed by atoms with van der Waals surface area (Å²) in [4.78, 5) is 14.7. The zero-order valence-electron chi connectivity index (χ0n) is 5.71. The minimum atomic E-state index is -0.232. The molecule has 1 aromatic rings. The van der Waals surface area contributed by atoms with Crippen molar-refractivity contribution in [2.75, 3.05) is 7.05 Å². The van der Waals surface area contributed by atoms with E-state index in [1.165, 1.54) is 11.5 Å². The van der Waals surface area contributed by atoms with Crippen LogP contribution in [0.5, 0.6) is 0 Å².